The zero-order valence-corrected chi connectivity index (χ0v) is 23.9. The van der Waals surface area contributed by atoms with Crippen molar-refractivity contribution in [1.29, 1.82) is 0 Å². The van der Waals surface area contributed by atoms with E-state index in [2.05, 4.69) is 167 Å². The molecule has 0 bridgehead atoms. The number of benzene rings is 6. The van der Waals surface area contributed by atoms with Crippen LogP contribution >= 0.6 is 0 Å². The van der Waals surface area contributed by atoms with Gasteiger partial charge in [0, 0.05) is 33.6 Å². The zero-order valence-electron chi connectivity index (χ0n) is 23.9. The van der Waals surface area contributed by atoms with Crippen LogP contribution in [0, 0.1) is 0 Å². The molecule has 3 heteroatoms. The van der Waals surface area contributed by atoms with Crippen molar-refractivity contribution in [2.24, 2.45) is 0 Å². The van der Waals surface area contributed by atoms with Gasteiger partial charge in [-0.3, -0.25) is 0 Å². The van der Waals surface area contributed by atoms with Crippen molar-refractivity contribution in [2.75, 3.05) is 0 Å². The molecule has 3 nitrogen and oxygen atoms in total. The number of pyridine rings is 1. The van der Waals surface area contributed by atoms with Gasteiger partial charge in [-0.05, 0) is 76.5 Å². The maximum absolute atomic E-state index is 5.19. The minimum atomic E-state index is 0.904. The summed E-state index contributed by atoms with van der Waals surface area (Å²) in [7, 11) is 0. The van der Waals surface area contributed by atoms with Crippen molar-refractivity contribution in [1.82, 2.24) is 14.1 Å². The van der Waals surface area contributed by atoms with Crippen molar-refractivity contribution in [2.45, 2.75) is 0 Å². The summed E-state index contributed by atoms with van der Waals surface area (Å²) in [6.45, 7) is 0. The molecule has 9 aromatic rings. The molecule has 0 radical (unpaired) electrons. The molecule has 3 aromatic heterocycles. The Bertz CT molecular complexity index is 2410. The number of fused-ring (bicyclic) bond motifs is 6. The van der Waals surface area contributed by atoms with Crippen LogP contribution in [0.5, 0.6) is 0 Å². The summed E-state index contributed by atoms with van der Waals surface area (Å²) < 4.78 is 4.61. The van der Waals surface area contributed by atoms with Crippen molar-refractivity contribution in [3.05, 3.63) is 164 Å². The Kier molecular flexibility index (Phi) is 5.50. The fourth-order valence-corrected chi connectivity index (χ4v) is 6.66. The summed E-state index contributed by atoms with van der Waals surface area (Å²) in [5.74, 6) is 0.904. The van der Waals surface area contributed by atoms with Crippen molar-refractivity contribution < 1.29 is 0 Å². The SMILES string of the molecule is c1ccc(-c2cc(-c3ccccc3)nc(-n3ccc4c5cc6c7ccccc7n(-c7ccccc7)c6cc5ccc43)c2)cc1. The van der Waals surface area contributed by atoms with Crippen LogP contribution in [0.2, 0.25) is 0 Å². The Balaban J connectivity index is 1.28. The van der Waals surface area contributed by atoms with E-state index < -0.39 is 0 Å². The second-order valence-corrected chi connectivity index (χ2v) is 11.3. The van der Waals surface area contributed by atoms with Gasteiger partial charge >= 0.3 is 0 Å². The summed E-state index contributed by atoms with van der Waals surface area (Å²) in [6, 6.07) is 56.2. The van der Waals surface area contributed by atoms with Crippen LogP contribution in [0.1, 0.15) is 0 Å². The van der Waals surface area contributed by atoms with Gasteiger partial charge in [0.25, 0.3) is 0 Å². The predicted molar refractivity (Wildman–Crippen MR) is 184 cm³/mol. The average molecular weight is 562 g/mol. The van der Waals surface area contributed by atoms with Crippen molar-refractivity contribution in [3.63, 3.8) is 0 Å². The quantitative estimate of drug-likeness (QED) is 0.210. The van der Waals surface area contributed by atoms with E-state index in [0.717, 1.165) is 28.2 Å². The van der Waals surface area contributed by atoms with Crippen LogP contribution in [-0.2, 0) is 0 Å². The van der Waals surface area contributed by atoms with Crippen LogP contribution in [0.4, 0.5) is 0 Å². The summed E-state index contributed by atoms with van der Waals surface area (Å²) in [5.41, 5.74) is 9.12. The van der Waals surface area contributed by atoms with Crippen LogP contribution < -0.4 is 0 Å². The lowest BCUT2D eigenvalue weighted by molar-refractivity contribution is 1.05. The molecule has 0 amide bonds. The Hall–Kier alpha value is -5.93. The molecule has 6 aromatic carbocycles. The normalized spacial score (nSPS) is 11.6. The highest BCUT2D eigenvalue weighted by atomic mass is 15.1. The molecule has 0 aliphatic carbocycles. The molecule has 9 rings (SSSR count). The first-order valence-electron chi connectivity index (χ1n) is 15.0. The molecule has 0 aliphatic rings. The third-order valence-electron chi connectivity index (χ3n) is 8.73. The summed E-state index contributed by atoms with van der Waals surface area (Å²) in [4.78, 5) is 5.19. The van der Waals surface area contributed by atoms with E-state index in [0.29, 0.717) is 0 Å². The Morgan fingerprint density at radius 1 is 0.409 bits per heavy atom. The number of rotatable bonds is 4. The molecule has 0 fully saturated rings. The Labute approximate surface area is 254 Å². The minimum absolute atomic E-state index is 0.904. The van der Waals surface area contributed by atoms with Crippen LogP contribution in [0.15, 0.2) is 164 Å². The van der Waals surface area contributed by atoms with E-state index in [1.807, 2.05) is 6.07 Å². The molecule has 0 N–H and O–H groups in total. The first-order valence-corrected chi connectivity index (χ1v) is 15.0. The molecule has 0 saturated carbocycles. The maximum Gasteiger partial charge on any atom is 0.138 e. The standard InChI is InChI=1S/C41H27N3/c1-4-12-28(13-5-1)31-24-37(29-14-6-2-7-15-29)42-41(26-31)43-23-22-34-35-27-36-33-18-10-11-19-39(33)44(32-16-8-3-9-17-32)40(36)25-30(35)20-21-38(34)43/h1-27H. The van der Waals surface area contributed by atoms with Crippen LogP contribution in [0.25, 0.3) is 77.4 Å². The number of hydrogen-bond acceptors (Lipinski definition) is 1. The Morgan fingerprint density at radius 2 is 1.09 bits per heavy atom. The number of aromatic nitrogens is 3. The fourth-order valence-electron chi connectivity index (χ4n) is 6.66. The van der Waals surface area contributed by atoms with E-state index in [-0.39, 0.29) is 0 Å². The highest BCUT2D eigenvalue weighted by Gasteiger charge is 2.16. The summed E-state index contributed by atoms with van der Waals surface area (Å²) in [6.07, 6.45) is 2.16. The first kappa shape index (κ1) is 24.6. The highest BCUT2D eigenvalue weighted by Crippen LogP contribution is 2.38. The first-order chi connectivity index (χ1) is 21.8. The van der Waals surface area contributed by atoms with E-state index in [1.165, 1.54) is 49.2 Å². The van der Waals surface area contributed by atoms with E-state index in [9.17, 15) is 0 Å². The summed E-state index contributed by atoms with van der Waals surface area (Å²) in [5, 5.41) is 6.20. The topological polar surface area (TPSA) is 22.8 Å². The van der Waals surface area contributed by atoms with Gasteiger partial charge in [0.15, 0.2) is 0 Å². The fraction of sp³-hybridized carbons (Fsp3) is 0. The second kappa shape index (κ2) is 9.82. The number of nitrogens with zero attached hydrogens (tertiary/aromatic N) is 3. The van der Waals surface area contributed by atoms with Gasteiger partial charge in [0.1, 0.15) is 5.82 Å². The predicted octanol–water partition coefficient (Wildman–Crippen LogP) is 10.6. The molecule has 206 valence electrons. The lowest BCUT2D eigenvalue weighted by atomic mass is 10.0. The van der Waals surface area contributed by atoms with Gasteiger partial charge in [0.2, 0.25) is 0 Å². The van der Waals surface area contributed by atoms with Crippen LogP contribution in [-0.4, -0.2) is 14.1 Å². The average Bonchev–Trinajstić information content (AvgIpc) is 3.68. The maximum atomic E-state index is 5.19. The Morgan fingerprint density at radius 3 is 1.89 bits per heavy atom. The van der Waals surface area contributed by atoms with Gasteiger partial charge in [-0.1, -0.05) is 103 Å². The van der Waals surface area contributed by atoms with E-state index >= 15 is 0 Å². The number of para-hydroxylation sites is 2. The van der Waals surface area contributed by atoms with Gasteiger partial charge in [-0.2, -0.15) is 0 Å². The third-order valence-corrected chi connectivity index (χ3v) is 8.73. The zero-order chi connectivity index (χ0) is 29.0. The lowest BCUT2D eigenvalue weighted by Gasteiger charge is -2.12. The molecule has 44 heavy (non-hydrogen) atoms. The molecule has 0 atom stereocenters. The molecule has 0 aliphatic heterocycles. The van der Waals surface area contributed by atoms with Gasteiger partial charge in [-0.15, -0.1) is 0 Å². The molecule has 0 saturated heterocycles. The third kappa shape index (κ3) is 3.87. The molecule has 0 spiro atoms. The second-order valence-electron chi connectivity index (χ2n) is 11.3. The molecular formula is C41H27N3. The molecular weight excluding hydrogens is 534 g/mol. The smallest absolute Gasteiger partial charge is 0.138 e. The lowest BCUT2D eigenvalue weighted by Crippen LogP contribution is -1.99. The van der Waals surface area contributed by atoms with Gasteiger partial charge < -0.3 is 9.13 Å². The minimum Gasteiger partial charge on any atom is -0.309 e. The van der Waals surface area contributed by atoms with Gasteiger partial charge in [0.05, 0.1) is 22.2 Å². The monoisotopic (exact) mass is 561 g/mol. The molecule has 0 unspecified atom stereocenters. The number of hydrogen-bond donors (Lipinski definition) is 0. The van der Waals surface area contributed by atoms with E-state index in [1.54, 1.807) is 0 Å². The van der Waals surface area contributed by atoms with Crippen molar-refractivity contribution >= 4 is 43.5 Å². The van der Waals surface area contributed by atoms with E-state index in [4.69, 9.17) is 4.98 Å². The van der Waals surface area contributed by atoms with Gasteiger partial charge in [-0.25, -0.2) is 4.98 Å². The van der Waals surface area contributed by atoms with Crippen LogP contribution in [0.3, 0.4) is 0 Å². The summed E-state index contributed by atoms with van der Waals surface area (Å²) >= 11 is 0. The largest absolute Gasteiger partial charge is 0.309 e. The van der Waals surface area contributed by atoms with Crippen molar-refractivity contribution in [3.8, 4) is 33.9 Å². The molecule has 3 heterocycles. The highest BCUT2D eigenvalue weighted by molar-refractivity contribution is 6.18.